The summed E-state index contributed by atoms with van der Waals surface area (Å²) in [6.45, 7) is 3.49. The summed E-state index contributed by atoms with van der Waals surface area (Å²) in [4.78, 5) is 4.05. The molecule has 0 saturated carbocycles. The van der Waals surface area contributed by atoms with E-state index in [1.807, 2.05) is 13.0 Å². The van der Waals surface area contributed by atoms with Crippen LogP contribution in [0.5, 0.6) is 5.75 Å². The fraction of sp³-hybridized carbons (Fsp3) is 0.615. The van der Waals surface area contributed by atoms with Gasteiger partial charge in [0.25, 0.3) is 0 Å². The van der Waals surface area contributed by atoms with Gasteiger partial charge in [-0.3, -0.25) is 0 Å². The molecule has 0 spiro atoms. The number of rotatable bonds is 4. The molecule has 1 aromatic heterocycles. The maximum atomic E-state index is 5.85. The molecule has 1 saturated heterocycles. The van der Waals surface area contributed by atoms with E-state index in [-0.39, 0.29) is 0 Å². The molecule has 1 aromatic rings. The Morgan fingerprint density at radius 2 is 2.41 bits per heavy atom. The number of hydrogen-bond acceptors (Lipinski definition) is 3. The zero-order chi connectivity index (χ0) is 12.1. The number of halogens is 1. The average Bonchev–Trinajstić information content (AvgIpc) is 2.35. The van der Waals surface area contributed by atoms with Crippen LogP contribution in [0, 0.1) is 6.92 Å². The summed E-state index contributed by atoms with van der Waals surface area (Å²) < 4.78 is 11.3. The molecule has 1 fully saturated rings. The highest BCUT2D eigenvalue weighted by Crippen LogP contribution is 2.19. The smallest absolute Gasteiger partial charge is 0.137 e. The first-order valence-corrected chi connectivity index (χ1v) is 6.50. The van der Waals surface area contributed by atoms with E-state index in [9.17, 15) is 0 Å². The Kier molecular flexibility index (Phi) is 4.63. The maximum Gasteiger partial charge on any atom is 0.137 e. The summed E-state index contributed by atoms with van der Waals surface area (Å²) in [6, 6.07) is 1.91. The molecule has 1 aliphatic rings. The summed E-state index contributed by atoms with van der Waals surface area (Å²) in [7, 11) is 0. The summed E-state index contributed by atoms with van der Waals surface area (Å²) >= 11 is 5.85. The van der Waals surface area contributed by atoms with E-state index in [4.69, 9.17) is 21.1 Å². The largest absolute Gasteiger partial charge is 0.492 e. The fourth-order valence-corrected chi connectivity index (χ4v) is 2.06. The first kappa shape index (κ1) is 12.7. The van der Waals surface area contributed by atoms with E-state index in [1.165, 1.54) is 12.8 Å². The second kappa shape index (κ2) is 6.22. The first-order chi connectivity index (χ1) is 8.25. The van der Waals surface area contributed by atoms with Crippen LogP contribution in [0.4, 0.5) is 0 Å². The van der Waals surface area contributed by atoms with Crippen LogP contribution >= 0.6 is 11.6 Å². The number of hydrogen-bond donors (Lipinski definition) is 0. The highest BCUT2D eigenvalue weighted by Gasteiger charge is 2.13. The minimum atomic E-state index is 0.366. The third kappa shape index (κ3) is 3.86. The van der Waals surface area contributed by atoms with E-state index < -0.39 is 0 Å². The van der Waals surface area contributed by atoms with E-state index in [2.05, 4.69) is 4.98 Å². The van der Waals surface area contributed by atoms with Crippen LogP contribution in [0.2, 0.25) is 5.15 Å². The van der Waals surface area contributed by atoms with Crippen LogP contribution in [0.25, 0.3) is 0 Å². The first-order valence-electron chi connectivity index (χ1n) is 6.12. The zero-order valence-electron chi connectivity index (χ0n) is 10.1. The van der Waals surface area contributed by atoms with Crippen molar-refractivity contribution in [3.63, 3.8) is 0 Å². The van der Waals surface area contributed by atoms with Gasteiger partial charge in [0.15, 0.2) is 0 Å². The number of nitrogens with zero attached hydrogens (tertiary/aromatic N) is 1. The van der Waals surface area contributed by atoms with Crippen molar-refractivity contribution in [3.8, 4) is 5.75 Å². The van der Waals surface area contributed by atoms with Crippen LogP contribution in [0.1, 0.15) is 31.2 Å². The summed E-state index contributed by atoms with van der Waals surface area (Å²) in [5, 5.41) is 0.535. The standard InChI is InChI=1S/C13H18ClNO2/c1-10-8-12(9-15-13(10)14)17-7-5-11-4-2-3-6-16-11/h8-9,11H,2-7H2,1H3. The second-order valence-corrected chi connectivity index (χ2v) is 4.76. The van der Waals surface area contributed by atoms with Gasteiger partial charge in [0.1, 0.15) is 10.9 Å². The number of ether oxygens (including phenoxy) is 2. The lowest BCUT2D eigenvalue weighted by Crippen LogP contribution is -2.21. The average molecular weight is 256 g/mol. The quantitative estimate of drug-likeness (QED) is 0.773. The van der Waals surface area contributed by atoms with Crippen molar-refractivity contribution >= 4 is 11.6 Å². The van der Waals surface area contributed by atoms with Crippen molar-refractivity contribution in [1.82, 2.24) is 4.98 Å². The number of pyridine rings is 1. The van der Waals surface area contributed by atoms with E-state index in [1.54, 1.807) is 6.20 Å². The Morgan fingerprint density at radius 3 is 3.12 bits per heavy atom. The molecular weight excluding hydrogens is 238 g/mol. The van der Waals surface area contributed by atoms with Crippen LogP contribution in [-0.2, 0) is 4.74 Å². The Labute approximate surface area is 107 Å². The molecule has 0 bridgehead atoms. The molecule has 0 N–H and O–H groups in total. The minimum Gasteiger partial charge on any atom is -0.492 e. The predicted octanol–water partition coefficient (Wildman–Crippen LogP) is 3.38. The van der Waals surface area contributed by atoms with Crippen LogP contribution in [0.15, 0.2) is 12.3 Å². The van der Waals surface area contributed by atoms with Crippen molar-refractivity contribution in [2.45, 2.75) is 38.7 Å². The van der Waals surface area contributed by atoms with E-state index in [0.717, 1.165) is 30.8 Å². The molecule has 1 aliphatic heterocycles. The summed E-state index contributed by atoms with van der Waals surface area (Å²) in [5.41, 5.74) is 0.943. The van der Waals surface area contributed by atoms with Gasteiger partial charge in [0, 0.05) is 13.0 Å². The predicted molar refractivity (Wildman–Crippen MR) is 67.7 cm³/mol. The topological polar surface area (TPSA) is 31.4 Å². The molecule has 0 amide bonds. The van der Waals surface area contributed by atoms with Gasteiger partial charge in [-0.1, -0.05) is 11.6 Å². The van der Waals surface area contributed by atoms with Crippen molar-refractivity contribution in [2.24, 2.45) is 0 Å². The Bertz CT molecular complexity index is 364. The Balaban J connectivity index is 1.75. The third-order valence-corrected chi connectivity index (χ3v) is 3.37. The van der Waals surface area contributed by atoms with Crippen LogP contribution in [-0.4, -0.2) is 24.3 Å². The van der Waals surface area contributed by atoms with Gasteiger partial charge in [-0.25, -0.2) is 4.98 Å². The molecule has 1 atom stereocenters. The van der Waals surface area contributed by atoms with Crippen molar-refractivity contribution < 1.29 is 9.47 Å². The highest BCUT2D eigenvalue weighted by molar-refractivity contribution is 6.30. The van der Waals surface area contributed by atoms with Crippen molar-refractivity contribution in [2.75, 3.05) is 13.2 Å². The van der Waals surface area contributed by atoms with Gasteiger partial charge >= 0.3 is 0 Å². The van der Waals surface area contributed by atoms with E-state index >= 15 is 0 Å². The second-order valence-electron chi connectivity index (χ2n) is 4.40. The Morgan fingerprint density at radius 1 is 1.53 bits per heavy atom. The third-order valence-electron chi connectivity index (χ3n) is 2.97. The monoisotopic (exact) mass is 255 g/mol. The van der Waals surface area contributed by atoms with Crippen molar-refractivity contribution in [3.05, 3.63) is 23.0 Å². The van der Waals surface area contributed by atoms with Gasteiger partial charge in [-0.05, 0) is 37.8 Å². The molecule has 1 unspecified atom stereocenters. The van der Waals surface area contributed by atoms with E-state index in [0.29, 0.717) is 17.9 Å². The van der Waals surface area contributed by atoms with Gasteiger partial charge in [-0.2, -0.15) is 0 Å². The normalized spacial score (nSPS) is 20.2. The molecule has 2 rings (SSSR count). The molecule has 0 radical (unpaired) electrons. The molecule has 17 heavy (non-hydrogen) atoms. The molecular formula is C13H18ClNO2. The molecule has 94 valence electrons. The van der Waals surface area contributed by atoms with Crippen molar-refractivity contribution in [1.29, 1.82) is 0 Å². The lowest BCUT2D eigenvalue weighted by atomic mass is 10.1. The molecule has 3 nitrogen and oxygen atoms in total. The Hall–Kier alpha value is -0.800. The lowest BCUT2D eigenvalue weighted by molar-refractivity contribution is 0.00402. The molecule has 0 aromatic carbocycles. The molecule has 2 heterocycles. The SMILES string of the molecule is Cc1cc(OCCC2CCCCO2)cnc1Cl. The summed E-state index contributed by atoms with van der Waals surface area (Å²) in [5.74, 6) is 0.780. The van der Waals surface area contributed by atoms with Crippen LogP contribution < -0.4 is 4.74 Å². The molecule has 4 heteroatoms. The van der Waals surface area contributed by atoms with Gasteiger partial charge in [0.2, 0.25) is 0 Å². The zero-order valence-corrected chi connectivity index (χ0v) is 10.9. The number of aryl methyl sites for hydroxylation is 1. The maximum absolute atomic E-state index is 5.85. The highest BCUT2D eigenvalue weighted by atomic mass is 35.5. The number of aromatic nitrogens is 1. The lowest BCUT2D eigenvalue weighted by Gasteiger charge is -2.22. The van der Waals surface area contributed by atoms with Gasteiger partial charge < -0.3 is 9.47 Å². The fourth-order valence-electron chi connectivity index (χ4n) is 1.95. The van der Waals surface area contributed by atoms with Crippen LogP contribution in [0.3, 0.4) is 0 Å². The minimum absolute atomic E-state index is 0.366. The van der Waals surface area contributed by atoms with Gasteiger partial charge in [-0.15, -0.1) is 0 Å². The van der Waals surface area contributed by atoms with Gasteiger partial charge in [0.05, 0.1) is 18.9 Å². The molecule has 0 aliphatic carbocycles. The summed E-state index contributed by atoms with van der Waals surface area (Å²) in [6.07, 6.45) is 6.59.